The number of rotatable bonds is 11. The summed E-state index contributed by atoms with van der Waals surface area (Å²) in [6, 6.07) is 6.07. The Morgan fingerprint density at radius 2 is 1.80 bits per heavy atom. The maximum absolute atomic E-state index is 15.1. The van der Waals surface area contributed by atoms with Crippen LogP contribution >= 0.6 is 0 Å². The minimum absolute atomic E-state index is 0.000845. The Balaban J connectivity index is 1.44. The first-order valence-electron chi connectivity index (χ1n) is 16.8. The van der Waals surface area contributed by atoms with Crippen molar-refractivity contribution in [3.8, 4) is 23.0 Å². The topological polar surface area (TPSA) is 127 Å². The highest BCUT2D eigenvalue weighted by atomic mass is 19.3. The summed E-state index contributed by atoms with van der Waals surface area (Å²) < 4.78 is 117. The van der Waals surface area contributed by atoms with Crippen LogP contribution in [0.15, 0.2) is 52.6 Å². The molecule has 0 fully saturated rings. The van der Waals surface area contributed by atoms with Crippen LogP contribution in [-0.2, 0) is 36.1 Å². The van der Waals surface area contributed by atoms with E-state index in [0.717, 1.165) is 12.1 Å². The third kappa shape index (κ3) is 8.55. The summed E-state index contributed by atoms with van der Waals surface area (Å²) in [7, 11) is 0. The smallest absolute Gasteiger partial charge is 0.290 e. The molecule has 0 saturated carbocycles. The Hall–Kier alpha value is -5.99. The van der Waals surface area contributed by atoms with Crippen molar-refractivity contribution in [2.24, 2.45) is 9.98 Å². The second kappa shape index (κ2) is 15.8. The van der Waals surface area contributed by atoms with Crippen LogP contribution in [0.5, 0.6) is 0 Å². The number of hydrogen-bond acceptors (Lipinski definition) is 6. The van der Waals surface area contributed by atoms with Crippen molar-refractivity contribution in [3.05, 3.63) is 99.4 Å². The predicted octanol–water partition coefficient (Wildman–Crippen LogP) is 6.74. The molecule has 0 spiro atoms. The number of aliphatic imine (C=N–C) groups is 2. The number of aromatic nitrogens is 4. The van der Waals surface area contributed by atoms with Crippen LogP contribution in [0.1, 0.15) is 88.6 Å². The number of hydrogen-bond donors (Lipinski definition) is 2. The molecule has 1 aliphatic heterocycles. The van der Waals surface area contributed by atoms with Gasteiger partial charge in [-0.05, 0) is 54.2 Å². The van der Waals surface area contributed by atoms with Gasteiger partial charge < -0.3 is 10.6 Å². The van der Waals surface area contributed by atoms with Crippen LogP contribution in [0.4, 0.5) is 35.1 Å². The van der Waals surface area contributed by atoms with Crippen LogP contribution < -0.4 is 10.6 Å². The van der Waals surface area contributed by atoms with Crippen LogP contribution in [-0.4, -0.2) is 50.7 Å². The van der Waals surface area contributed by atoms with Gasteiger partial charge in [0.25, 0.3) is 24.2 Å². The Bertz CT molecular complexity index is 2240. The molecule has 55 heavy (non-hydrogen) atoms. The Labute approximate surface area is 308 Å². The maximum Gasteiger partial charge on any atom is 0.290 e. The third-order valence-corrected chi connectivity index (χ3v) is 8.73. The van der Waals surface area contributed by atoms with Crippen molar-refractivity contribution >= 4 is 24.4 Å². The van der Waals surface area contributed by atoms with Crippen LogP contribution in [0.2, 0.25) is 0 Å². The zero-order chi connectivity index (χ0) is 39.5. The summed E-state index contributed by atoms with van der Waals surface area (Å²) in [5.74, 6) is -6.08. The molecule has 0 unspecified atom stereocenters. The minimum Gasteiger partial charge on any atom is -0.348 e. The van der Waals surface area contributed by atoms with E-state index in [0.29, 0.717) is 29.3 Å². The Kier molecular flexibility index (Phi) is 11.1. The molecule has 2 amide bonds. The summed E-state index contributed by atoms with van der Waals surface area (Å²) in [6.45, 7) is 1.42. The highest BCUT2D eigenvalue weighted by molar-refractivity contribution is 5.99. The van der Waals surface area contributed by atoms with Crippen molar-refractivity contribution in [1.29, 1.82) is 0 Å². The van der Waals surface area contributed by atoms with Crippen molar-refractivity contribution in [3.63, 3.8) is 0 Å². The molecule has 2 N–H and O–H groups in total. The number of nitrogens with one attached hydrogen (secondary N) is 2. The van der Waals surface area contributed by atoms with Gasteiger partial charge in [0, 0.05) is 62.0 Å². The zero-order valence-corrected chi connectivity index (χ0v) is 28.8. The fourth-order valence-corrected chi connectivity index (χ4v) is 6.32. The average Bonchev–Trinajstić information content (AvgIpc) is 3.71. The van der Waals surface area contributed by atoms with Gasteiger partial charge in [-0.3, -0.25) is 19.3 Å². The van der Waals surface area contributed by atoms with Gasteiger partial charge in [-0.15, -0.1) is 0 Å². The van der Waals surface area contributed by atoms with E-state index in [1.165, 1.54) is 18.7 Å². The van der Waals surface area contributed by atoms with Gasteiger partial charge in [0.15, 0.2) is 0 Å². The molecule has 18 heteroatoms. The SMILES string of the molecule is CCN=CN=CCC#Cc1ncc(-c2ccc3c(c2)C(=O)NC3)c([C@H](Cc2cc(F)cc(F)c2)NC(=O)Cn2nc(C(F)F)c3c2C(F)(F)CCC3(F)F)n1. The Morgan fingerprint density at radius 1 is 1.05 bits per heavy atom. The largest absolute Gasteiger partial charge is 0.348 e. The number of benzene rings is 2. The van der Waals surface area contributed by atoms with E-state index in [1.54, 1.807) is 18.2 Å². The molecule has 286 valence electrons. The monoisotopic (exact) mass is 770 g/mol. The van der Waals surface area contributed by atoms with Gasteiger partial charge in [-0.25, -0.2) is 41.3 Å². The summed E-state index contributed by atoms with van der Waals surface area (Å²) in [5, 5.41) is 8.58. The molecule has 3 heterocycles. The van der Waals surface area contributed by atoms with Gasteiger partial charge in [-0.1, -0.05) is 18.1 Å². The van der Waals surface area contributed by atoms with E-state index in [2.05, 4.69) is 47.5 Å². The standard InChI is InChI=1S/C37H30F8N8O2/c1-2-46-19-47-10-4-3-5-28-48-17-26(21-6-7-22-16-49-35(55)25(22)14-21)31(51-28)27(13-20-11-23(38)15-24(39)12-20)50-29(54)18-53-33-30(32(52-53)34(40)41)36(42,43)8-9-37(33,44)45/h6-7,10-12,14-15,17,19,27,34H,2,4,8-9,13,16,18H2,1H3,(H,49,55)(H,50,54)/t27-/m0/s1. The fraction of sp³-hybridized carbons (Fsp3) is 0.324. The second-order valence-corrected chi connectivity index (χ2v) is 12.6. The van der Waals surface area contributed by atoms with Gasteiger partial charge in [0.2, 0.25) is 11.7 Å². The van der Waals surface area contributed by atoms with Gasteiger partial charge >= 0.3 is 0 Å². The summed E-state index contributed by atoms with van der Waals surface area (Å²) in [6.07, 6.45) is -2.53. The van der Waals surface area contributed by atoms with E-state index < -0.39 is 78.2 Å². The number of nitrogens with zero attached hydrogens (tertiary/aromatic N) is 6. The van der Waals surface area contributed by atoms with Gasteiger partial charge in [-0.2, -0.15) is 13.9 Å². The molecule has 2 aliphatic rings. The normalized spacial score (nSPS) is 16.1. The van der Waals surface area contributed by atoms with Crippen molar-refractivity contribution in [1.82, 2.24) is 30.4 Å². The molecule has 0 saturated heterocycles. The molecule has 0 bridgehead atoms. The van der Waals surface area contributed by atoms with E-state index in [-0.39, 0.29) is 52.6 Å². The summed E-state index contributed by atoms with van der Waals surface area (Å²) in [5.41, 5.74) is -3.12. The third-order valence-electron chi connectivity index (χ3n) is 8.73. The van der Waals surface area contributed by atoms with E-state index in [9.17, 15) is 35.9 Å². The second-order valence-electron chi connectivity index (χ2n) is 12.6. The van der Waals surface area contributed by atoms with Crippen LogP contribution in [0, 0.1) is 23.5 Å². The summed E-state index contributed by atoms with van der Waals surface area (Å²) >= 11 is 0. The molecule has 6 rings (SSSR count). The minimum atomic E-state index is -4.07. The average molecular weight is 771 g/mol. The number of carbonyl (C=O) groups is 2. The van der Waals surface area contributed by atoms with Crippen molar-refractivity contribution < 1.29 is 44.7 Å². The van der Waals surface area contributed by atoms with E-state index >= 15 is 8.78 Å². The van der Waals surface area contributed by atoms with Crippen LogP contribution in [0.25, 0.3) is 11.1 Å². The molecule has 2 aromatic carbocycles. The first kappa shape index (κ1) is 38.7. The Morgan fingerprint density at radius 3 is 2.53 bits per heavy atom. The first-order chi connectivity index (χ1) is 26.2. The number of alkyl halides is 6. The number of amides is 2. The van der Waals surface area contributed by atoms with Crippen molar-refractivity contribution in [2.75, 3.05) is 6.54 Å². The number of carbonyl (C=O) groups excluding carboxylic acids is 2. The highest BCUT2D eigenvalue weighted by Crippen LogP contribution is 2.52. The van der Waals surface area contributed by atoms with E-state index in [1.807, 2.05) is 6.92 Å². The number of halogens is 8. The molecule has 2 aromatic heterocycles. The molecule has 1 aliphatic carbocycles. The van der Waals surface area contributed by atoms with Crippen molar-refractivity contribution in [2.45, 2.75) is 70.0 Å². The lowest BCUT2D eigenvalue weighted by Gasteiger charge is -2.29. The molecular weight excluding hydrogens is 740 g/mol. The van der Waals surface area contributed by atoms with E-state index in [4.69, 9.17) is 0 Å². The number of fused-ring (bicyclic) bond motifs is 2. The lowest BCUT2D eigenvalue weighted by molar-refractivity contribution is -0.123. The predicted molar refractivity (Wildman–Crippen MR) is 183 cm³/mol. The van der Waals surface area contributed by atoms with Gasteiger partial charge in [0.05, 0.1) is 17.3 Å². The fourth-order valence-electron chi connectivity index (χ4n) is 6.32. The molecule has 0 radical (unpaired) electrons. The zero-order valence-electron chi connectivity index (χ0n) is 28.8. The lowest BCUT2D eigenvalue weighted by Crippen LogP contribution is -2.37. The molecule has 4 aromatic rings. The maximum atomic E-state index is 15.1. The summed E-state index contributed by atoms with van der Waals surface area (Å²) in [4.78, 5) is 43.0. The first-order valence-corrected chi connectivity index (χ1v) is 16.8. The van der Waals surface area contributed by atoms with Gasteiger partial charge in [0.1, 0.15) is 35.9 Å². The lowest BCUT2D eigenvalue weighted by atomic mass is 9.89. The molecule has 1 atom stereocenters. The molecular formula is C37H30F8N8O2. The quantitative estimate of drug-likeness (QED) is 0.0757. The van der Waals surface area contributed by atoms with Crippen LogP contribution in [0.3, 0.4) is 0 Å². The molecule has 10 nitrogen and oxygen atoms in total. The highest BCUT2D eigenvalue weighted by Gasteiger charge is 2.55.